The van der Waals surface area contributed by atoms with E-state index in [-0.39, 0.29) is 13.0 Å². The van der Waals surface area contributed by atoms with E-state index in [2.05, 4.69) is 15.6 Å². The topological polar surface area (TPSA) is 117 Å². The predicted octanol–water partition coefficient (Wildman–Crippen LogP) is 4.84. The Balaban J connectivity index is 1.69. The van der Waals surface area contributed by atoms with Crippen LogP contribution in [0.4, 0.5) is 15.8 Å². The van der Waals surface area contributed by atoms with Gasteiger partial charge in [0.2, 0.25) is 0 Å². The van der Waals surface area contributed by atoms with Crippen LogP contribution < -0.4 is 16.4 Å². The van der Waals surface area contributed by atoms with Gasteiger partial charge in [-0.25, -0.2) is 4.39 Å². The number of carboxylic acids is 1. The molecule has 3 aromatic carbocycles. The van der Waals surface area contributed by atoms with Crippen molar-refractivity contribution in [3.63, 3.8) is 0 Å². The Morgan fingerprint density at radius 1 is 0.917 bits per heavy atom. The van der Waals surface area contributed by atoms with E-state index in [0.29, 0.717) is 45.7 Å². The van der Waals surface area contributed by atoms with E-state index in [1.165, 1.54) is 12.1 Å². The van der Waals surface area contributed by atoms with E-state index < -0.39 is 17.7 Å². The molecule has 182 valence electrons. The highest BCUT2D eigenvalue weighted by Gasteiger charge is 2.14. The van der Waals surface area contributed by atoms with Gasteiger partial charge in [-0.05, 0) is 82.4 Å². The number of aliphatic carboxylic acids is 1. The summed E-state index contributed by atoms with van der Waals surface area (Å²) in [6.45, 7) is 0.671. The summed E-state index contributed by atoms with van der Waals surface area (Å²) in [7, 11) is 0. The summed E-state index contributed by atoms with van der Waals surface area (Å²) in [5.74, 6) is -1.84. The molecule has 36 heavy (non-hydrogen) atoms. The highest BCUT2D eigenvalue weighted by atomic mass is 19.1. The molecule has 0 aliphatic rings. The zero-order valence-electron chi connectivity index (χ0n) is 19.4. The molecule has 5 N–H and O–H groups in total. The Morgan fingerprint density at radius 2 is 1.67 bits per heavy atom. The number of carbonyl (C=O) groups excluding carboxylic acids is 1. The number of carboxylic acid groups (broad SMARTS) is 1. The van der Waals surface area contributed by atoms with Gasteiger partial charge in [-0.2, -0.15) is 0 Å². The molecule has 8 heteroatoms. The molecule has 0 aliphatic carbocycles. The number of nitrogens with zero attached hydrogens (tertiary/aromatic N) is 1. The number of benzene rings is 3. The highest BCUT2D eigenvalue weighted by molar-refractivity contribution is 6.06. The maximum Gasteiger partial charge on any atom is 0.307 e. The summed E-state index contributed by atoms with van der Waals surface area (Å²) in [6, 6.07) is 20.3. The molecule has 0 bridgehead atoms. The van der Waals surface area contributed by atoms with Gasteiger partial charge in [0.15, 0.2) is 0 Å². The molecule has 1 heterocycles. The van der Waals surface area contributed by atoms with Crippen LogP contribution in [0.2, 0.25) is 0 Å². The number of nitrogens with two attached hydrogens (primary N) is 1. The van der Waals surface area contributed by atoms with Gasteiger partial charge in [-0.3, -0.25) is 14.6 Å². The minimum Gasteiger partial charge on any atom is -0.481 e. The lowest BCUT2D eigenvalue weighted by Gasteiger charge is -2.14. The van der Waals surface area contributed by atoms with Crippen molar-refractivity contribution in [1.29, 1.82) is 0 Å². The second kappa shape index (κ2) is 11.2. The third kappa shape index (κ3) is 6.31. The lowest BCUT2D eigenvalue weighted by molar-refractivity contribution is -0.136. The van der Waals surface area contributed by atoms with Crippen LogP contribution in [0.3, 0.4) is 0 Å². The molecule has 0 unspecified atom stereocenters. The number of hydrogen-bond donors (Lipinski definition) is 4. The SMILES string of the molecule is NCc1cc(F)cc(-c2cc(NCc3ccncc3)cc(C(=O)Nc3ccccc3CC(=O)O)c2)c1. The van der Waals surface area contributed by atoms with E-state index in [9.17, 15) is 19.1 Å². The van der Waals surface area contributed by atoms with Crippen LogP contribution in [0.25, 0.3) is 11.1 Å². The molecular weight excluding hydrogens is 459 g/mol. The molecule has 7 nitrogen and oxygen atoms in total. The normalized spacial score (nSPS) is 10.6. The van der Waals surface area contributed by atoms with Gasteiger partial charge in [0.05, 0.1) is 6.42 Å². The fourth-order valence-corrected chi connectivity index (χ4v) is 3.82. The van der Waals surface area contributed by atoms with Crippen molar-refractivity contribution < 1.29 is 19.1 Å². The van der Waals surface area contributed by atoms with E-state index in [1.54, 1.807) is 54.9 Å². The van der Waals surface area contributed by atoms with Crippen molar-refractivity contribution in [1.82, 2.24) is 4.98 Å². The van der Waals surface area contributed by atoms with Crippen molar-refractivity contribution in [2.45, 2.75) is 19.5 Å². The first kappa shape index (κ1) is 24.6. The summed E-state index contributed by atoms with van der Waals surface area (Å²) in [5, 5.41) is 15.3. The van der Waals surface area contributed by atoms with Crippen LogP contribution in [0.15, 0.2) is 85.2 Å². The summed E-state index contributed by atoms with van der Waals surface area (Å²) in [6.07, 6.45) is 3.17. The average Bonchev–Trinajstić information content (AvgIpc) is 2.88. The predicted molar refractivity (Wildman–Crippen MR) is 137 cm³/mol. The van der Waals surface area contributed by atoms with Crippen molar-refractivity contribution in [2.75, 3.05) is 10.6 Å². The summed E-state index contributed by atoms with van der Waals surface area (Å²) in [5.41, 5.74) is 10.5. The van der Waals surface area contributed by atoms with E-state index in [1.807, 2.05) is 18.2 Å². The smallest absolute Gasteiger partial charge is 0.307 e. The second-order valence-electron chi connectivity index (χ2n) is 8.24. The summed E-state index contributed by atoms with van der Waals surface area (Å²) < 4.78 is 14.3. The molecular formula is C28H25FN4O3. The summed E-state index contributed by atoms with van der Waals surface area (Å²) >= 11 is 0. The fourth-order valence-electron chi connectivity index (χ4n) is 3.82. The zero-order valence-corrected chi connectivity index (χ0v) is 19.4. The number of pyridine rings is 1. The number of aromatic nitrogens is 1. The van der Waals surface area contributed by atoms with Crippen LogP contribution in [0.5, 0.6) is 0 Å². The van der Waals surface area contributed by atoms with Crippen LogP contribution in [0.1, 0.15) is 27.0 Å². The van der Waals surface area contributed by atoms with E-state index in [4.69, 9.17) is 5.73 Å². The van der Waals surface area contributed by atoms with Crippen molar-refractivity contribution in [3.05, 3.63) is 113 Å². The maximum atomic E-state index is 14.3. The van der Waals surface area contributed by atoms with E-state index >= 15 is 0 Å². The Morgan fingerprint density at radius 3 is 2.42 bits per heavy atom. The maximum absolute atomic E-state index is 14.3. The van der Waals surface area contributed by atoms with Gasteiger partial charge in [-0.1, -0.05) is 18.2 Å². The first-order chi connectivity index (χ1) is 17.4. The Bertz CT molecular complexity index is 1390. The van der Waals surface area contributed by atoms with Gasteiger partial charge in [0.25, 0.3) is 5.91 Å². The quantitative estimate of drug-likeness (QED) is 0.270. The Labute approximate surface area is 207 Å². The molecule has 4 aromatic rings. The summed E-state index contributed by atoms with van der Waals surface area (Å²) in [4.78, 5) is 28.5. The molecule has 0 spiro atoms. The number of nitrogens with one attached hydrogen (secondary N) is 2. The molecule has 0 saturated carbocycles. The first-order valence-corrected chi connectivity index (χ1v) is 11.3. The largest absolute Gasteiger partial charge is 0.481 e. The minimum absolute atomic E-state index is 0.179. The van der Waals surface area contributed by atoms with Crippen molar-refractivity contribution in [3.8, 4) is 11.1 Å². The molecule has 0 aliphatic heterocycles. The Hall–Kier alpha value is -4.56. The molecule has 1 aromatic heterocycles. The van der Waals surface area contributed by atoms with Crippen molar-refractivity contribution >= 4 is 23.3 Å². The molecule has 0 radical (unpaired) electrons. The van der Waals surface area contributed by atoms with Crippen LogP contribution >= 0.6 is 0 Å². The van der Waals surface area contributed by atoms with Gasteiger partial charge in [0.1, 0.15) is 5.82 Å². The second-order valence-corrected chi connectivity index (χ2v) is 8.24. The lowest BCUT2D eigenvalue weighted by Crippen LogP contribution is -2.15. The molecule has 4 rings (SSSR count). The number of amides is 1. The van der Waals surface area contributed by atoms with E-state index in [0.717, 1.165) is 5.56 Å². The number of hydrogen-bond acceptors (Lipinski definition) is 5. The number of anilines is 2. The van der Waals surface area contributed by atoms with Gasteiger partial charge < -0.3 is 21.5 Å². The van der Waals surface area contributed by atoms with Gasteiger partial charge in [-0.15, -0.1) is 0 Å². The first-order valence-electron chi connectivity index (χ1n) is 11.3. The fraction of sp³-hybridized carbons (Fsp3) is 0.107. The third-order valence-corrected chi connectivity index (χ3v) is 5.58. The van der Waals surface area contributed by atoms with Gasteiger partial charge in [0, 0.05) is 42.4 Å². The third-order valence-electron chi connectivity index (χ3n) is 5.58. The number of rotatable bonds is 9. The van der Waals surface area contributed by atoms with Crippen molar-refractivity contribution in [2.24, 2.45) is 5.73 Å². The Kier molecular flexibility index (Phi) is 7.67. The number of carbonyl (C=O) groups is 2. The van der Waals surface area contributed by atoms with Gasteiger partial charge >= 0.3 is 5.97 Å². The molecule has 0 saturated heterocycles. The van der Waals surface area contributed by atoms with Crippen LogP contribution in [-0.4, -0.2) is 22.0 Å². The molecule has 0 fully saturated rings. The monoisotopic (exact) mass is 484 g/mol. The number of halogens is 1. The zero-order chi connectivity index (χ0) is 25.5. The lowest BCUT2D eigenvalue weighted by atomic mass is 9.99. The average molecular weight is 485 g/mol. The molecule has 1 amide bonds. The van der Waals surface area contributed by atoms with Crippen LogP contribution in [-0.2, 0) is 24.3 Å². The number of para-hydroxylation sites is 1. The minimum atomic E-state index is -0.997. The van der Waals surface area contributed by atoms with Crippen LogP contribution in [0, 0.1) is 5.82 Å². The molecule has 0 atom stereocenters. The highest BCUT2D eigenvalue weighted by Crippen LogP contribution is 2.28. The standard InChI is InChI=1S/C28H25FN4O3/c29-24-10-19(16-30)9-21(12-24)22-11-23(14-25(13-22)32-17-18-5-7-31-8-6-18)28(36)33-26-4-2-1-3-20(26)15-27(34)35/h1-14,32H,15-17,30H2,(H,33,36)(H,34,35).